The summed E-state index contributed by atoms with van der Waals surface area (Å²) in [6.07, 6.45) is 3.85. The Bertz CT molecular complexity index is 451. The molecule has 0 amide bonds. The molecule has 0 radical (unpaired) electrons. The summed E-state index contributed by atoms with van der Waals surface area (Å²) in [5.74, 6) is 0.663. The van der Waals surface area contributed by atoms with Crippen LogP contribution in [0.2, 0.25) is 0 Å². The lowest BCUT2D eigenvalue weighted by molar-refractivity contribution is 0.150. The third-order valence-corrected chi connectivity index (χ3v) is 4.89. The van der Waals surface area contributed by atoms with Crippen molar-refractivity contribution in [1.82, 2.24) is 4.90 Å². The Morgan fingerprint density at radius 1 is 1.44 bits per heavy atom. The third-order valence-electron chi connectivity index (χ3n) is 4.39. The van der Waals surface area contributed by atoms with Crippen molar-refractivity contribution in [3.05, 3.63) is 34.1 Å². The van der Waals surface area contributed by atoms with Crippen molar-refractivity contribution in [2.45, 2.75) is 31.3 Å². The Kier molecular flexibility index (Phi) is 3.43. The number of likely N-dealkylation sites (tertiary alicyclic amines) is 1. The molecule has 1 aliphatic carbocycles. The fraction of sp³-hybridized carbons (Fsp3) is 0.571. The maximum atomic E-state index is 14.0. The quantitative estimate of drug-likeness (QED) is 0.929. The minimum absolute atomic E-state index is 0.0257. The van der Waals surface area contributed by atoms with Crippen molar-refractivity contribution >= 4 is 15.9 Å². The molecule has 2 nitrogen and oxygen atoms in total. The summed E-state index contributed by atoms with van der Waals surface area (Å²) in [5, 5.41) is 0. The normalized spacial score (nSPS) is 28.8. The van der Waals surface area contributed by atoms with E-state index in [0.717, 1.165) is 22.5 Å². The Morgan fingerprint density at radius 2 is 2.28 bits per heavy atom. The zero-order valence-electron chi connectivity index (χ0n) is 10.3. The SMILES string of the molecule is NCC(c1cc(Br)ccc1F)N1CC2CCC1C2. The monoisotopic (exact) mass is 312 g/mol. The fourth-order valence-electron chi connectivity index (χ4n) is 3.56. The first-order valence-electron chi connectivity index (χ1n) is 6.60. The van der Waals surface area contributed by atoms with Crippen molar-refractivity contribution in [1.29, 1.82) is 0 Å². The first-order chi connectivity index (χ1) is 8.69. The molecular weight excluding hydrogens is 295 g/mol. The molecule has 1 saturated heterocycles. The van der Waals surface area contributed by atoms with E-state index in [1.807, 2.05) is 6.07 Å². The van der Waals surface area contributed by atoms with Crippen LogP contribution >= 0.6 is 15.9 Å². The molecule has 2 fully saturated rings. The summed E-state index contributed by atoms with van der Waals surface area (Å²) < 4.78 is 14.9. The van der Waals surface area contributed by atoms with E-state index in [9.17, 15) is 4.39 Å². The summed E-state index contributed by atoms with van der Waals surface area (Å²) in [5.41, 5.74) is 6.65. The summed E-state index contributed by atoms with van der Waals surface area (Å²) in [6, 6.07) is 5.78. The molecule has 0 aromatic heterocycles. The van der Waals surface area contributed by atoms with E-state index in [4.69, 9.17) is 5.73 Å². The minimum Gasteiger partial charge on any atom is -0.329 e. The number of nitrogens with two attached hydrogens (primary N) is 1. The zero-order chi connectivity index (χ0) is 12.7. The number of rotatable bonds is 3. The topological polar surface area (TPSA) is 29.3 Å². The van der Waals surface area contributed by atoms with E-state index in [1.165, 1.54) is 25.3 Å². The van der Waals surface area contributed by atoms with Gasteiger partial charge in [0.05, 0.1) is 6.04 Å². The van der Waals surface area contributed by atoms with Gasteiger partial charge in [0.1, 0.15) is 5.82 Å². The van der Waals surface area contributed by atoms with Gasteiger partial charge < -0.3 is 5.73 Å². The summed E-state index contributed by atoms with van der Waals surface area (Å²) in [4.78, 5) is 2.42. The van der Waals surface area contributed by atoms with Crippen LogP contribution in [0, 0.1) is 11.7 Å². The Morgan fingerprint density at radius 3 is 2.89 bits per heavy atom. The Hall–Kier alpha value is -0.450. The van der Waals surface area contributed by atoms with Crippen LogP contribution in [-0.2, 0) is 0 Å². The summed E-state index contributed by atoms with van der Waals surface area (Å²) in [6.45, 7) is 1.56. The second kappa shape index (κ2) is 4.91. The number of hydrogen-bond acceptors (Lipinski definition) is 2. The molecule has 2 aliphatic rings. The van der Waals surface area contributed by atoms with Crippen LogP contribution in [0.5, 0.6) is 0 Å². The Balaban J connectivity index is 1.90. The average molecular weight is 313 g/mol. The first-order valence-corrected chi connectivity index (χ1v) is 7.39. The zero-order valence-corrected chi connectivity index (χ0v) is 11.9. The second-order valence-electron chi connectivity index (χ2n) is 5.45. The van der Waals surface area contributed by atoms with E-state index >= 15 is 0 Å². The number of benzene rings is 1. The van der Waals surface area contributed by atoms with E-state index in [0.29, 0.717) is 12.6 Å². The highest BCUT2D eigenvalue weighted by Gasteiger charge is 2.41. The lowest BCUT2D eigenvalue weighted by atomic mass is 10.0. The van der Waals surface area contributed by atoms with Crippen molar-refractivity contribution in [3.63, 3.8) is 0 Å². The van der Waals surface area contributed by atoms with Crippen LogP contribution in [0.1, 0.15) is 30.9 Å². The number of hydrogen-bond donors (Lipinski definition) is 1. The van der Waals surface area contributed by atoms with E-state index in [2.05, 4.69) is 20.8 Å². The van der Waals surface area contributed by atoms with Gasteiger partial charge in [-0.3, -0.25) is 4.90 Å². The highest BCUT2D eigenvalue weighted by molar-refractivity contribution is 9.10. The number of fused-ring (bicyclic) bond motifs is 2. The molecular formula is C14H18BrFN2. The predicted molar refractivity (Wildman–Crippen MR) is 73.7 cm³/mol. The van der Waals surface area contributed by atoms with E-state index in [-0.39, 0.29) is 11.9 Å². The highest BCUT2D eigenvalue weighted by atomic mass is 79.9. The van der Waals surface area contributed by atoms with Gasteiger partial charge in [-0.1, -0.05) is 15.9 Å². The van der Waals surface area contributed by atoms with Crippen LogP contribution in [0.25, 0.3) is 0 Å². The van der Waals surface area contributed by atoms with Crippen LogP contribution in [0.3, 0.4) is 0 Å². The molecule has 0 spiro atoms. The molecule has 1 aromatic rings. The van der Waals surface area contributed by atoms with Crippen molar-refractivity contribution in [3.8, 4) is 0 Å². The van der Waals surface area contributed by atoms with Gasteiger partial charge in [0.15, 0.2) is 0 Å². The molecule has 1 aromatic carbocycles. The molecule has 1 aliphatic heterocycles. The lowest BCUT2D eigenvalue weighted by Crippen LogP contribution is -2.39. The molecule has 18 heavy (non-hydrogen) atoms. The molecule has 3 atom stereocenters. The van der Waals surface area contributed by atoms with Gasteiger partial charge in [0.2, 0.25) is 0 Å². The number of nitrogens with zero attached hydrogens (tertiary/aromatic N) is 1. The van der Waals surface area contributed by atoms with Crippen molar-refractivity contribution in [2.75, 3.05) is 13.1 Å². The van der Waals surface area contributed by atoms with Gasteiger partial charge >= 0.3 is 0 Å². The van der Waals surface area contributed by atoms with Gasteiger partial charge in [-0.2, -0.15) is 0 Å². The minimum atomic E-state index is -0.142. The van der Waals surface area contributed by atoms with Crippen molar-refractivity contribution < 1.29 is 4.39 Å². The lowest BCUT2D eigenvalue weighted by Gasteiger charge is -2.34. The first kappa shape index (κ1) is 12.6. The smallest absolute Gasteiger partial charge is 0.128 e. The van der Waals surface area contributed by atoms with Crippen LogP contribution < -0.4 is 5.73 Å². The molecule has 2 N–H and O–H groups in total. The van der Waals surface area contributed by atoms with Gasteiger partial charge in [-0.15, -0.1) is 0 Å². The predicted octanol–water partition coefficient (Wildman–Crippen LogP) is 3.07. The summed E-state index contributed by atoms with van der Waals surface area (Å²) in [7, 11) is 0. The highest BCUT2D eigenvalue weighted by Crippen LogP contribution is 2.42. The van der Waals surface area contributed by atoms with Crippen LogP contribution in [-0.4, -0.2) is 24.0 Å². The molecule has 1 heterocycles. The maximum absolute atomic E-state index is 14.0. The fourth-order valence-corrected chi connectivity index (χ4v) is 3.93. The van der Waals surface area contributed by atoms with Gasteiger partial charge in [0.25, 0.3) is 0 Å². The second-order valence-corrected chi connectivity index (χ2v) is 6.36. The summed E-state index contributed by atoms with van der Waals surface area (Å²) >= 11 is 3.42. The number of piperidine rings is 1. The standard InChI is InChI=1S/C14H18BrFN2/c15-10-2-4-13(16)12(6-10)14(7-17)18-8-9-1-3-11(18)5-9/h2,4,6,9,11,14H,1,3,5,7-8,17H2. The third kappa shape index (κ3) is 2.10. The van der Waals surface area contributed by atoms with E-state index in [1.54, 1.807) is 6.07 Å². The van der Waals surface area contributed by atoms with Gasteiger partial charge in [-0.05, 0) is 43.4 Å². The van der Waals surface area contributed by atoms with Gasteiger partial charge in [-0.25, -0.2) is 4.39 Å². The molecule has 4 heteroatoms. The average Bonchev–Trinajstić information content (AvgIpc) is 2.97. The van der Waals surface area contributed by atoms with Crippen LogP contribution in [0.15, 0.2) is 22.7 Å². The van der Waals surface area contributed by atoms with Gasteiger partial charge in [0, 0.05) is 29.2 Å². The van der Waals surface area contributed by atoms with Crippen molar-refractivity contribution in [2.24, 2.45) is 11.7 Å². The number of halogens is 2. The molecule has 1 saturated carbocycles. The maximum Gasteiger partial charge on any atom is 0.128 e. The largest absolute Gasteiger partial charge is 0.329 e. The molecule has 3 rings (SSSR count). The molecule has 2 bridgehead atoms. The molecule has 98 valence electrons. The van der Waals surface area contributed by atoms with Crippen LogP contribution in [0.4, 0.5) is 4.39 Å². The molecule has 3 unspecified atom stereocenters. The van der Waals surface area contributed by atoms with E-state index < -0.39 is 0 Å². The Labute approximate surface area is 115 Å².